The van der Waals surface area contributed by atoms with E-state index >= 15 is 0 Å². The first kappa shape index (κ1) is 18.5. The summed E-state index contributed by atoms with van der Waals surface area (Å²) in [5.41, 5.74) is 0.654. The highest BCUT2D eigenvalue weighted by Crippen LogP contribution is 2.19. The van der Waals surface area contributed by atoms with Crippen LogP contribution in [0.3, 0.4) is 0 Å². The van der Waals surface area contributed by atoms with Crippen molar-refractivity contribution in [1.82, 2.24) is 9.55 Å². The van der Waals surface area contributed by atoms with Crippen molar-refractivity contribution in [1.29, 1.82) is 0 Å². The van der Waals surface area contributed by atoms with Gasteiger partial charge < -0.3 is 19.7 Å². The topological polar surface area (TPSA) is 93.5 Å². The van der Waals surface area contributed by atoms with Gasteiger partial charge in [0, 0.05) is 18.0 Å². The molecule has 25 heavy (non-hydrogen) atoms. The van der Waals surface area contributed by atoms with Gasteiger partial charge in [-0.05, 0) is 25.5 Å². The molecule has 1 unspecified atom stereocenters. The number of hydrogen-bond donors (Lipinski definition) is 2. The van der Waals surface area contributed by atoms with Crippen LogP contribution in [0.1, 0.15) is 49.6 Å². The third-order valence-corrected chi connectivity index (χ3v) is 3.69. The standard InChI is InChI=1S/C18H23N3O4/c1-3-5-9-16(18(24)25-4-2)21-11-15(19-12-21)17(23)20-13-7-6-8-14(22)10-13/h6-8,10-12,16,22H,3-5,9H2,1-2H3,(H,20,23). The van der Waals surface area contributed by atoms with Gasteiger partial charge in [-0.1, -0.05) is 25.8 Å². The van der Waals surface area contributed by atoms with E-state index in [1.807, 2.05) is 6.92 Å². The Morgan fingerprint density at radius 3 is 2.84 bits per heavy atom. The molecule has 0 saturated heterocycles. The maximum absolute atomic E-state index is 12.3. The van der Waals surface area contributed by atoms with E-state index in [0.29, 0.717) is 18.7 Å². The zero-order chi connectivity index (χ0) is 18.2. The number of carbonyl (C=O) groups is 2. The molecule has 7 nitrogen and oxygen atoms in total. The Bertz CT molecular complexity index is 727. The van der Waals surface area contributed by atoms with Crippen LogP contribution in [0.15, 0.2) is 36.8 Å². The number of aromatic hydroxyl groups is 1. The number of phenols is 1. The van der Waals surface area contributed by atoms with Gasteiger partial charge in [0.05, 0.1) is 12.9 Å². The minimum Gasteiger partial charge on any atom is -0.508 e. The predicted octanol–water partition coefficient (Wildman–Crippen LogP) is 3.14. The predicted molar refractivity (Wildman–Crippen MR) is 93.5 cm³/mol. The van der Waals surface area contributed by atoms with Crippen LogP contribution >= 0.6 is 0 Å². The average molecular weight is 345 g/mol. The van der Waals surface area contributed by atoms with Crippen LogP contribution in [0, 0.1) is 0 Å². The Kier molecular flexibility index (Phi) is 6.56. The molecular formula is C18H23N3O4. The van der Waals surface area contributed by atoms with E-state index in [1.165, 1.54) is 24.7 Å². The SMILES string of the molecule is CCCCC(C(=O)OCC)n1cnc(C(=O)Nc2cccc(O)c2)c1. The van der Waals surface area contributed by atoms with E-state index in [2.05, 4.69) is 10.3 Å². The van der Waals surface area contributed by atoms with Crippen LogP contribution in [0.4, 0.5) is 5.69 Å². The van der Waals surface area contributed by atoms with Crippen LogP contribution in [-0.2, 0) is 9.53 Å². The Hall–Kier alpha value is -2.83. The second kappa shape index (κ2) is 8.86. The van der Waals surface area contributed by atoms with E-state index in [4.69, 9.17) is 4.74 Å². The number of nitrogens with one attached hydrogen (secondary N) is 1. The normalized spacial score (nSPS) is 11.8. The van der Waals surface area contributed by atoms with E-state index in [-0.39, 0.29) is 17.4 Å². The molecule has 0 fully saturated rings. The molecule has 0 aliphatic heterocycles. The summed E-state index contributed by atoms with van der Waals surface area (Å²) in [6, 6.07) is 5.76. The molecule has 2 N–H and O–H groups in total. The van der Waals surface area contributed by atoms with Gasteiger partial charge >= 0.3 is 5.97 Å². The van der Waals surface area contributed by atoms with Gasteiger partial charge in [-0.3, -0.25) is 4.79 Å². The molecule has 2 aromatic rings. The summed E-state index contributed by atoms with van der Waals surface area (Å²) in [6.07, 6.45) is 5.45. The summed E-state index contributed by atoms with van der Waals surface area (Å²) < 4.78 is 6.73. The molecule has 1 heterocycles. The number of aromatic nitrogens is 2. The number of carbonyl (C=O) groups excluding carboxylic acids is 2. The first-order valence-corrected chi connectivity index (χ1v) is 8.35. The zero-order valence-corrected chi connectivity index (χ0v) is 14.4. The van der Waals surface area contributed by atoms with Gasteiger partial charge in [-0.15, -0.1) is 0 Å². The van der Waals surface area contributed by atoms with E-state index < -0.39 is 11.9 Å². The highest BCUT2D eigenvalue weighted by Gasteiger charge is 2.22. The summed E-state index contributed by atoms with van der Waals surface area (Å²) in [4.78, 5) is 28.5. The van der Waals surface area contributed by atoms with Crippen LogP contribution in [-0.4, -0.2) is 33.1 Å². The Labute approximate surface area is 146 Å². The second-order valence-electron chi connectivity index (χ2n) is 5.62. The second-order valence-corrected chi connectivity index (χ2v) is 5.62. The third kappa shape index (κ3) is 5.07. The summed E-state index contributed by atoms with van der Waals surface area (Å²) in [5, 5.41) is 12.1. The highest BCUT2D eigenvalue weighted by atomic mass is 16.5. The minimum atomic E-state index is -0.491. The maximum atomic E-state index is 12.3. The number of imidazole rings is 1. The molecule has 0 radical (unpaired) electrons. The van der Waals surface area contributed by atoms with Crippen molar-refractivity contribution in [3.05, 3.63) is 42.5 Å². The lowest BCUT2D eigenvalue weighted by Gasteiger charge is -2.16. The lowest BCUT2D eigenvalue weighted by atomic mass is 10.1. The van der Waals surface area contributed by atoms with Gasteiger partial charge in [0.15, 0.2) is 0 Å². The van der Waals surface area contributed by atoms with Gasteiger partial charge in [0.25, 0.3) is 5.91 Å². The molecule has 1 atom stereocenters. The fraction of sp³-hybridized carbons (Fsp3) is 0.389. The molecule has 0 bridgehead atoms. The summed E-state index contributed by atoms with van der Waals surface area (Å²) in [6.45, 7) is 4.11. The minimum absolute atomic E-state index is 0.0604. The van der Waals surface area contributed by atoms with Crippen molar-refractivity contribution < 1.29 is 19.4 Å². The molecule has 0 aliphatic carbocycles. The Morgan fingerprint density at radius 2 is 2.16 bits per heavy atom. The van der Waals surface area contributed by atoms with Crippen LogP contribution in [0.2, 0.25) is 0 Å². The van der Waals surface area contributed by atoms with E-state index in [0.717, 1.165) is 12.8 Å². The number of rotatable bonds is 8. The third-order valence-electron chi connectivity index (χ3n) is 3.69. The molecule has 134 valence electrons. The van der Waals surface area contributed by atoms with E-state index in [9.17, 15) is 14.7 Å². The quantitative estimate of drug-likeness (QED) is 0.717. The number of hydrogen-bond acceptors (Lipinski definition) is 5. The number of amides is 1. The monoisotopic (exact) mass is 345 g/mol. The van der Waals surface area contributed by atoms with Gasteiger partial charge in [-0.25, -0.2) is 9.78 Å². The number of nitrogens with zero attached hydrogens (tertiary/aromatic N) is 2. The number of phenolic OH excluding ortho intramolecular Hbond substituents is 1. The first-order chi connectivity index (χ1) is 12.0. The molecule has 1 aromatic carbocycles. The van der Waals surface area contributed by atoms with Gasteiger partial charge in [-0.2, -0.15) is 0 Å². The van der Waals surface area contributed by atoms with Crippen LogP contribution < -0.4 is 5.32 Å². The van der Waals surface area contributed by atoms with Crippen molar-refractivity contribution in [2.45, 2.75) is 39.2 Å². The summed E-state index contributed by atoms with van der Waals surface area (Å²) in [5.74, 6) is -0.680. The molecule has 2 rings (SSSR count). The molecule has 0 aliphatic rings. The smallest absolute Gasteiger partial charge is 0.329 e. The number of esters is 1. The fourth-order valence-electron chi connectivity index (χ4n) is 2.43. The van der Waals surface area contributed by atoms with Crippen molar-refractivity contribution >= 4 is 17.6 Å². The average Bonchev–Trinajstić information content (AvgIpc) is 3.05. The van der Waals surface area contributed by atoms with Crippen molar-refractivity contribution in [3.63, 3.8) is 0 Å². The van der Waals surface area contributed by atoms with Crippen molar-refractivity contribution in [2.24, 2.45) is 0 Å². The van der Waals surface area contributed by atoms with Crippen molar-refractivity contribution in [2.75, 3.05) is 11.9 Å². The Balaban J connectivity index is 2.12. The molecule has 0 spiro atoms. The summed E-state index contributed by atoms with van der Waals surface area (Å²) in [7, 11) is 0. The lowest BCUT2D eigenvalue weighted by Crippen LogP contribution is -2.21. The first-order valence-electron chi connectivity index (χ1n) is 8.35. The molecule has 1 aromatic heterocycles. The molecule has 1 amide bonds. The molecular weight excluding hydrogens is 322 g/mol. The Morgan fingerprint density at radius 1 is 1.36 bits per heavy atom. The number of ether oxygens (including phenoxy) is 1. The molecule has 0 saturated carbocycles. The van der Waals surface area contributed by atoms with E-state index in [1.54, 1.807) is 23.6 Å². The fourth-order valence-corrected chi connectivity index (χ4v) is 2.43. The number of benzene rings is 1. The highest BCUT2D eigenvalue weighted by molar-refractivity contribution is 6.02. The number of anilines is 1. The van der Waals surface area contributed by atoms with Gasteiger partial charge in [0.2, 0.25) is 0 Å². The van der Waals surface area contributed by atoms with Gasteiger partial charge in [0.1, 0.15) is 17.5 Å². The number of unbranched alkanes of at least 4 members (excludes halogenated alkanes) is 1. The zero-order valence-electron chi connectivity index (χ0n) is 14.4. The molecule has 7 heteroatoms. The summed E-state index contributed by atoms with van der Waals surface area (Å²) >= 11 is 0. The van der Waals surface area contributed by atoms with Crippen LogP contribution in [0.5, 0.6) is 5.75 Å². The van der Waals surface area contributed by atoms with Crippen LogP contribution in [0.25, 0.3) is 0 Å². The van der Waals surface area contributed by atoms with Crippen molar-refractivity contribution in [3.8, 4) is 5.75 Å². The lowest BCUT2D eigenvalue weighted by molar-refractivity contribution is -0.147. The largest absolute Gasteiger partial charge is 0.508 e. The maximum Gasteiger partial charge on any atom is 0.329 e.